The van der Waals surface area contributed by atoms with Gasteiger partial charge in [-0.05, 0) is 6.92 Å². The van der Waals surface area contributed by atoms with Gasteiger partial charge in [0.2, 0.25) is 5.91 Å². The van der Waals surface area contributed by atoms with E-state index >= 15 is 0 Å². The zero-order valence-corrected chi connectivity index (χ0v) is 10.1. The minimum absolute atomic E-state index is 0.240. The molecule has 1 heterocycles. The van der Waals surface area contributed by atoms with Crippen LogP contribution in [0.4, 0.5) is 0 Å². The largest absolute Gasteiger partial charge is 0.353 e. The lowest BCUT2D eigenvalue weighted by Gasteiger charge is -2.07. The Labute approximate surface area is 104 Å². The zero-order valence-electron chi connectivity index (χ0n) is 9.31. The number of rotatable bonds is 5. The van der Waals surface area contributed by atoms with Gasteiger partial charge in [-0.1, -0.05) is 0 Å². The lowest BCUT2D eigenvalue weighted by Crippen LogP contribution is -2.37. The van der Waals surface area contributed by atoms with E-state index in [1.165, 1.54) is 18.6 Å². The Morgan fingerprint density at radius 3 is 2.65 bits per heavy atom. The van der Waals surface area contributed by atoms with Crippen molar-refractivity contribution in [2.45, 2.75) is 12.3 Å². The Morgan fingerprint density at radius 2 is 2.06 bits per heavy atom. The number of carbonyl (C=O) groups is 2. The third kappa shape index (κ3) is 4.78. The van der Waals surface area contributed by atoms with Gasteiger partial charge in [-0.2, -0.15) is 0 Å². The van der Waals surface area contributed by atoms with Gasteiger partial charge < -0.3 is 10.6 Å². The molecule has 2 amide bonds. The van der Waals surface area contributed by atoms with E-state index in [0.29, 0.717) is 13.1 Å². The van der Waals surface area contributed by atoms with E-state index in [-0.39, 0.29) is 17.5 Å². The highest BCUT2D eigenvalue weighted by atomic mass is 35.5. The highest BCUT2D eigenvalue weighted by Crippen LogP contribution is 1.91. The summed E-state index contributed by atoms with van der Waals surface area (Å²) in [5.74, 6) is -0.591. The Morgan fingerprint density at radius 1 is 1.35 bits per heavy atom. The molecule has 0 aliphatic heterocycles. The first-order valence-corrected chi connectivity index (χ1v) is 5.51. The van der Waals surface area contributed by atoms with Crippen molar-refractivity contribution in [2.24, 2.45) is 0 Å². The second-order valence-electron chi connectivity index (χ2n) is 3.25. The summed E-state index contributed by atoms with van der Waals surface area (Å²) in [7, 11) is 0. The fourth-order valence-electron chi connectivity index (χ4n) is 1.01. The fourth-order valence-corrected chi connectivity index (χ4v) is 1.09. The molecular weight excluding hydrogens is 244 g/mol. The lowest BCUT2D eigenvalue weighted by molar-refractivity contribution is -0.120. The van der Waals surface area contributed by atoms with Crippen molar-refractivity contribution < 1.29 is 9.59 Å². The first-order chi connectivity index (χ1) is 8.11. The van der Waals surface area contributed by atoms with Crippen molar-refractivity contribution in [1.29, 1.82) is 0 Å². The third-order valence-corrected chi connectivity index (χ3v) is 2.07. The second-order valence-corrected chi connectivity index (χ2v) is 3.91. The summed E-state index contributed by atoms with van der Waals surface area (Å²) >= 11 is 5.55. The van der Waals surface area contributed by atoms with Crippen molar-refractivity contribution in [3.05, 3.63) is 24.3 Å². The molecule has 1 rings (SSSR count). The van der Waals surface area contributed by atoms with Gasteiger partial charge in [0.05, 0.1) is 6.20 Å². The summed E-state index contributed by atoms with van der Waals surface area (Å²) in [5, 5.41) is 4.58. The Hall–Kier alpha value is -1.69. The van der Waals surface area contributed by atoms with Crippen LogP contribution in [0.15, 0.2) is 18.6 Å². The van der Waals surface area contributed by atoms with Gasteiger partial charge >= 0.3 is 0 Å². The molecule has 0 saturated carbocycles. The summed E-state index contributed by atoms with van der Waals surface area (Å²) in [6.07, 6.45) is 4.29. The molecular formula is C10H13ClN4O2. The number of alkyl halides is 1. The van der Waals surface area contributed by atoms with Crippen LogP contribution >= 0.6 is 11.6 Å². The van der Waals surface area contributed by atoms with Gasteiger partial charge in [-0.25, -0.2) is 4.98 Å². The summed E-state index contributed by atoms with van der Waals surface area (Å²) in [4.78, 5) is 30.2. The van der Waals surface area contributed by atoms with Crippen molar-refractivity contribution >= 4 is 23.4 Å². The van der Waals surface area contributed by atoms with Crippen molar-refractivity contribution in [2.75, 3.05) is 13.1 Å². The molecule has 1 aromatic heterocycles. The van der Waals surface area contributed by atoms with Crippen LogP contribution in [0.25, 0.3) is 0 Å². The topological polar surface area (TPSA) is 84.0 Å². The van der Waals surface area contributed by atoms with Crippen LogP contribution in [-0.2, 0) is 4.79 Å². The summed E-state index contributed by atoms with van der Waals surface area (Å²) in [6, 6.07) is 0. The number of aromatic nitrogens is 2. The van der Waals surface area contributed by atoms with Crippen LogP contribution < -0.4 is 10.6 Å². The first-order valence-electron chi connectivity index (χ1n) is 5.07. The first kappa shape index (κ1) is 13.4. The number of carbonyl (C=O) groups excluding carboxylic acids is 2. The molecule has 1 aromatic rings. The Balaban J connectivity index is 2.24. The van der Waals surface area contributed by atoms with Gasteiger partial charge in [0.25, 0.3) is 5.91 Å². The maximum atomic E-state index is 11.5. The highest BCUT2D eigenvalue weighted by molar-refractivity contribution is 6.30. The minimum atomic E-state index is -0.578. The number of halogens is 1. The minimum Gasteiger partial charge on any atom is -0.353 e. The van der Waals surface area contributed by atoms with Gasteiger partial charge in [0, 0.05) is 25.5 Å². The van der Waals surface area contributed by atoms with E-state index < -0.39 is 5.38 Å². The molecule has 6 nitrogen and oxygen atoms in total. The van der Waals surface area contributed by atoms with Gasteiger partial charge in [0.1, 0.15) is 11.1 Å². The average Bonchev–Trinajstić information content (AvgIpc) is 2.35. The molecule has 7 heteroatoms. The second kappa shape index (κ2) is 6.80. The molecule has 0 radical (unpaired) electrons. The van der Waals surface area contributed by atoms with Crippen molar-refractivity contribution in [1.82, 2.24) is 20.6 Å². The van der Waals surface area contributed by atoms with E-state index in [1.54, 1.807) is 6.92 Å². The van der Waals surface area contributed by atoms with Crippen LogP contribution in [0.5, 0.6) is 0 Å². The number of hydrogen-bond acceptors (Lipinski definition) is 4. The molecule has 1 atom stereocenters. The molecule has 0 aliphatic rings. The number of amides is 2. The van der Waals surface area contributed by atoms with Crippen LogP contribution in [0.3, 0.4) is 0 Å². The molecule has 0 bridgehead atoms. The lowest BCUT2D eigenvalue weighted by atomic mass is 10.4. The molecule has 1 unspecified atom stereocenters. The van der Waals surface area contributed by atoms with Gasteiger partial charge in [-0.3, -0.25) is 14.6 Å². The van der Waals surface area contributed by atoms with Crippen LogP contribution in [0, 0.1) is 0 Å². The van der Waals surface area contributed by atoms with E-state index in [0.717, 1.165) is 0 Å². The smallest absolute Gasteiger partial charge is 0.271 e. The van der Waals surface area contributed by atoms with Gasteiger partial charge in [-0.15, -0.1) is 11.6 Å². The predicted octanol–water partition coefficient (Wildman–Crippen LogP) is -0.0501. The fraction of sp³-hybridized carbons (Fsp3) is 0.400. The van der Waals surface area contributed by atoms with E-state index in [1.807, 2.05) is 0 Å². The normalized spacial score (nSPS) is 11.6. The van der Waals surface area contributed by atoms with Crippen molar-refractivity contribution in [3.63, 3.8) is 0 Å². The molecule has 0 spiro atoms. The van der Waals surface area contributed by atoms with E-state index in [9.17, 15) is 9.59 Å². The number of hydrogen-bond donors (Lipinski definition) is 2. The van der Waals surface area contributed by atoms with Crippen LogP contribution in [-0.4, -0.2) is 40.2 Å². The maximum absolute atomic E-state index is 11.5. The SMILES string of the molecule is CC(Cl)C(=O)NCCNC(=O)c1cnccn1. The molecule has 17 heavy (non-hydrogen) atoms. The Kier molecular flexibility index (Phi) is 5.35. The maximum Gasteiger partial charge on any atom is 0.271 e. The van der Waals surface area contributed by atoms with E-state index in [4.69, 9.17) is 11.6 Å². The zero-order chi connectivity index (χ0) is 12.7. The monoisotopic (exact) mass is 256 g/mol. The third-order valence-electron chi connectivity index (χ3n) is 1.87. The summed E-state index contributed by atoms with van der Waals surface area (Å²) in [6.45, 7) is 2.21. The van der Waals surface area contributed by atoms with Crippen LogP contribution in [0.1, 0.15) is 17.4 Å². The standard InChI is InChI=1S/C10H13ClN4O2/c1-7(11)9(16)14-4-5-15-10(17)8-6-12-2-3-13-8/h2-3,6-7H,4-5H2,1H3,(H,14,16)(H,15,17). The van der Waals surface area contributed by atoms with Crippen molar-refractivity contribution in [3.8, 4) is 0 Å². The highest BCUT2D eigenvalue weighted by Gasteiger charge is 2.08. The summed E-state index contributed by atoms with van der Waals surface area (Å²) < 4.78 is 0. The predicted molar refractivity (Wildman–Crippen MR) is 62.7 cm³/mol. The van der Waals surface area contributed by atoms with Gasteiger partial charge in [0.15, 0.2) is 0 Å². The molecule has 2 N–H and O–H groups in total. The number of nitrogens with zero attached hydrogens (tertiary/aromatic N) is 2. The van der Waals surface area contributed by atoms with E-state index in [2.05, 4.69) is 20.6 Å². The molecule has 0 aromatic carbocycles. The summed E-state index contributed by atoms with van der Waals surface area (Å²) in [5.41, 5.74) is 0.240. The van der Waals surface area contributed by atoms with Crippen LogP contribution in [0.2, 0.25) is 0 Å². The number of nitrogens with one attached hydrogen (secondary N) is 2. The molecule has 92 valence electrons. The average molecular weight is 257 g/mol. The molecule has 0 fully saturated rings. The molecule has 0 aliphatic carbocycles. The quantitative estimate of drug-likeness (QED) is 0.572. The molecule has 0 saturated heterocycles. The Bertz CT molecular complexity index is 383.